The summed E-state index contributed by atoms with van der Waals surface area (Å²) in [5, 5.41) is 11.6. The Morgan fingerprint density at radius 2 is 1.82 bits per heavy atom. The van der Waals surface area contributed by atoms with E-state index in [0.29, 0.717) is 24.5 Å². The molecule has 6 heteroatoms. The summed E-state index contributed by atoms with van der Waals surface area (Å²) in [6.45, 7) is 4.66. The molecule has 0 spiro atoms. The van der Waals surface area contributed by atoms with Gasteiger partial charge in [0, 0.05) is 25.7 Å². The van der Waals surface area contributed by atoms with Gasteiger partial charge in [-0.2, -0.15) is 0 Å². The van der Waals surface area contributed by atoms with Crippen molar-refractivity contribution in [2.75, 3.05) is 20.3 Å². The minimum Gasteiger partial charge on any atom is -0.494 e. The Hall–Kier alpha value is -2.08. The summed E-state index contributed by atoms with van der Waals surface area (Å²) in [7, 11) is 1.63. The molecule has 0 saturated carbocycles. The number of hydrogen-bond acceptors (Lipinski definition) is 4. The standard InChI is InChI=1S/C16H23NO5/c1-11(2)14(16(19)20)17-15(18)12-5-7-13(8-6-12)22-10-4-9-21-3/h5-8,11,14H,4,9-10H2,1-3H3,(H,17,18)(H,19,20)/t14-/m1/s1. The van der Waals surface area contributed by atoms with Crippen molar-refractivity contribution in [3.05, 3.63) is 29.8 Å². The zero-order valence-corrected chi connectivity index (χ0v) is 13.2. The van der Waals surface area contributed by atoms with Gasteiger partial charge in [0.1, 0.15) is 11.8 Å². The maximum atomic E-state index is 12.0. The van der Waals surface area contributed by atoms with Crippen LogP contribution in [0.3, 0.4) is 0 Å². The molecule has 0 unspecified atom stereocenters. The number of carboxylic acids is 1. The van der Waals surface area contributed by atoms with Crippen molar-refractivity contribution in [1.82, 2.24) is 5.32 Å². The second-order valence-electron chi connectivity index (χ2n) is 5.25. The fourth-order valence-corrected chi connectivity index (χ4v) is 1.83. The van der Waals surface area contributed by atoms with E-state index in [2.05, 4.69) is 5.32 Å². The van der Waals surface area contributed by atoms with Crippen molar-refractivity contribution in [3.63, 3.8) is 0 Å². The molecule has 6 nitrogen and oxygen atoms in total. The van der Waals surface area contributed by atoms with Crippen LogP contribution in [0.15, 0.2) is 24.3 Å². The normalized spacial score (nSPS) is 12.0. The lowest BCUT2D eigenvalue weighted by molar-refractivity contribution is -0.140. The molecule has 1 atom stereocenters. The predicted molar refractivity (Wildman–Crippen MR) is 82.2 cm³/mol. The largest absolute Gasteiger partial charge is 0.494 e. The molecule has 0 bridgehead atoms. The van der Waals surface area contributed by atoms with Gasteiger partial charge in [-0.15, -0.1) is 0 Å². The first kappa shape index (κ1) is 18.0. The van der Waals surface area contributed by atoms with Gasteiger partial charge in [0.2, 0.25) is 0 Å². The number of carboxylic acid groups (broad SMARTS) is 1. The molecular formula is C16H23NO5. The predicted octanol–water partition coefficient (Wildman–Crippen LogP) is 1.94. The lowest BCUT2D eigenvalue weighted by Crippen LogP contribution is -2.44. The minimum atomic E-state index is -1.04. The molecule has 0 aliphatic rings. The third-order valence-corrected chi connectivity index (χ3v) is 3.10. The van der Waals surface area contributed by atoms with Crippen molar-refractivity contribution in [3.8, 4) is 5.75 Å². The zero-order valence-electron chi connectivity index (χ0n) is 13.2. The Morgan fingerprint density at radius 3 is 2.32 bits per heavy atom. The van der Waals surface area contributed by atoms with Crippen molar-refractivity contribution in [2.24, 2.45) is 5.92 Å². The quantitative estimate of drug-likeness (QED) is 0.681. The van der Waals surface area contributed by atoms with E-state index in [-0.39, 0.29) is 5.92 Å². The lowest BCUT2D eigenvalue weighted by atomic mass is 10.0. The average molecular weight is 309 g/mol. The lowest BCUT2D eigenvalue weighted by Gasteiger charge is -2.18. The van der Waals surface area contributed by atoms with Crippen LogP contribution >= 0.6 is 0 Å². The molecule has 0 radical (unpaired) electrons. The summed E-state index contributed by atoms with van der Waals surface area (Å²) in [4.78, 5) is 23.1. The van der Waals surface area contributed by atoms with E-state index in [0.717, 1.165) is 6.42 Å². The average Bonchev–Trinajstić information content (AvgIpc) is 2.49. The van der Waals surface area contributed by atoms with Crippen LogP contribution in [0.25, 0.3) is 0 Å². The van der Waals surface area contributed by atoms with Crippen molar-refractivity contribution >= 4 is 11.9 Å². The Kier molecular flexibility index (Phi) is 7.39. The highest BCUT2D eigenvalue weighted by atomic mass is 16.5. The molecule has 1 aromatic rings. The number of aliphatic carboxylic acids is 1. The van der Waals surface area contributed by atoms with Gasteiger partial charge in [-0.3, -0.25) is 4.79 Å². The zero-order chi connectivity index (χ0) is 16.5. The molecule has 0 fully saturated rings. The van der Waals surface area contributed by atoms with Crippen LogP contribution in [-0.2, 0) is 9.53 Å². The van der Waals surface area contributed by atoms with Gasteiger partial charge in [0.25, 0.3) is 5.91 Å². The van der Waals surface area contributed by atoms with Crippen LogP contribution in [-0.4, -0.2) is 43.3 Å². The summed E-state index contributed by atoms with van der Waals surface area (Å²) in [6, 6.07) is 5.69. The van der Waals surface area contributed by atoms with Gasteiger partial charge in [-0.1, -0.05) is 13.8 Å². The molecule has 22 heavy (non-hydrogen) atoms. The van der Waals surface area contributed by atoms with Gasteiger partial charge in [0.05, 0.1) is 6.61 Å². The minimum absolute atomic E-state index is 0.190. The van der Waals surface area contributed by atoms with Gasteiger partial charge < -0.3 is 19.9 Å². The smallest absolute Gasteiger partial charge is 0.326 e. The van der Waals surface area contributed by atoms with Crippen LogP contribution in [0, 0.1) is 5.92 Å². The third kappa shape index (κ3) is 5.73. The van der Waals surface area contributed by atoms with Crippen LogP contribution < -0.4 is 10.1 Å². The maximum absolute atomic E-state index is 12.0. The number of carbonyl (C=O) groups is 2. The number of benzene rings is 1. The van der Waals surface area contributed by atoms with Gasteiger partial charge in [-0.05, 0) is 30.2 Å². The molecule has 0 aliphatic carbocycles. The number of nitrogens with one attached hydrogen (secondary N) is 1. The SMILES string of the molecule is COCCCOc1ccc(C(=O)N[C@@H](C(=O)O)C(C)C)cc1. The number of rotatable bonds is 9. The van der Waals surface area contributed by atoms with Crippen molar-refractivity contribution < 1.29 is 24.2 Å². The Balaban J connectivity index is 2.58. The Bertz CT molecular complexity index is 484. The molecule has 2 N–H and O–H groups in total. The number of ether oxygens (including phenoxy) is 2. The summed E-state index contributed by atoms with van der Waals surface area (Å²) in [5.41, 5.74) is 0.399. The summed E-state index contributed by atoms with van der Waals surface area (Å²) >= 11 is 0. The Labute approximate surface area is 130 Å². The van der Waals surface area contributed by atoms with Gasteiger partial charge in [-0.25, -0.2) is 4.79 Å². The van der Waals surface area contributed by atoms with Gasteiger partial charge >= 0.3 is 5.97 Å². The van der Waals surface area contributed by atoms with E-state index in [1.807, 2.05) is 0 Å². The van der Waals surface area contributed by atoms with Gasteiger partial charge in [0.15, 0.2) is 0 Å². The number of amides is 1. The summed E-state index contributed by atoms with van der Waals surface area (Å²) in [5.74, 6) is -0.982. The molecule has 0 saturated heterocycles. The van der Waals surface area contributed by atoms with Crippen LogP contribution in [0.2, 0.25) is 0 Å². The number of carbonyl (C=O) groups excluding carboxylic acids is 1. The molecular weight excluding hydrogens is 286 g/mol. The fourth-order valence-electron chi connectivity index (χ4n) is 1.83. The van der Waals surface area contributed by atoms with Crippen molar-refractivity contribution in [1.29, 1.82) is 0 Å². The second-order valence-corrected chi connectivity index (χ2v) is 5.25. The highest BCUT2D eigenvalue weighted by Crippen LogP contribution is 2.13. The molecule has 1 amide bonds. The van der Waals surface area contributed by atoms with Crippen molar-refractivity contribution in [2.45, 2.75) is 26.3 Å². The summed E-state index contributed by atoms with van der Waals surface area (Å²) < 4.78 is 10.4. The molecule has 122 valence electrons. The fraction of sp³-hybridized carbons (Fsp3) is 0.500. The summed E-state index contributed by atoms with van der Waals surface area (Å²) in [6.07, 6.45) is 0.785. The molecule has 1 aromatic carbocycles. The first-order chi connectivity index (χ1) is 10.5. The van der Waals surface area contributed by atoms with E-state index in [4.69, 9.17) is 14.6 Å². The Morgan fingerprint density at radius 1 is 1.18 bits per heavy atom. The first-order valence-corrected chi connectivity index (χ1v) is 7.21. The van der Waals surface area contributed by atoms with E-state index >= 15 is 0 Å². The monoisotopic (exact) mass is 309 g/mol. The van der Waals surface area contributed by atoms with E-state index in [9.17, 15) is 9.59 Å². The second kappa shape index (κ2) is 9.04. The van der Waals surface area contributed by atoms with E-state index in [1.165, 1.54) is 0 Å². The molecule has 0 heterocycles. The van der Waals surface area contributed by atoms with Crippen LogP contribution in [0.4, 0.5) is 0 Å². The van der Waals surface area contributed by atoms with Crippen LogP contribution in [0.1, 0.15) is 30.6 Å². The number of hydrogen-bond donors (Lipinski definition) is 2. The topological polar surface area (TPSA) is 84.9 Å². The highest BCUT2D eigenvalue weighted by molar-refractivity contribution is 5.96. The third-order valence-electron chi connectivity index (χ3n) is 3.10. The highest BCUT2D eigenvalue weighted by Gasteiger charge is 2.23. The first-order valence-electron chi connectivity index (χ1n) is 7.21. The number of methoxy groups -OCH3 is 1. The maximum Gasteiger partial charge on any atom is 0.326 e. The van der Waals surface area contributed by atoms with E-state index in [1.54, 1.807) is 45.2 Å². The van der Waals surface area contributed by atoms with E-state index < -0.39 is 17.9 Å². The van der Waals surface area contributed by atoms with Crippen LogP contribution in [0.5, 0.6) is 5.75 Å². The molecule has 0 aromatic heterocycles. The molecule has 0 aliphatic heterocycles. The molecule has 1 rings (SSSR count).